The molecule has 0 aliphatic rings. The highest BCUT2D eigenvalue weighted by atomic mass is 19.4. The molecule has 9 aromatic carbocycles. The quantitative estimate of drug-likeness (QED) is 0.156. The predicted molar refractivity (Wildman–Crippen MR) is 261 cm³/mol. The van der Waals surface area contributed by atoms with E-state index in [0.717, 1.165) is 72.5 Å². The van der Waals surface area contributed by atoms with Crippen LogP contribution in [-0.2, 0) is 12.4 Å². The minimum absolute atomic E-state index is 0.109. The van der Waals surface area contributed by atoms with Crippen LogP contribution < -0.4 is 0 Å². The van der Waals surface area contributed by atoms with Crippen molar-refractivity contribution in [3.05, 3.63) is 216 Å². The average molecular weight is 924 g/mol. The molecule has 0 unspecified atom stereocenters. The van der Waals surface area contributed by atoms with Crippen LogP contribution >= 0.6 is 0 Å². The van der Waals surface area contributed by atoms with Crippen molar-refractivity contribution in [3.63, 3.8) is 0 Å². The molecule has 0 N–H and O–H groups in total. The van der Waals surface area contributed by atoms with Crippen LogP contribution in [0.1, 0.15) is 27.8 Å². The molecule has 11 rings (SSSR count). The summed E-state index contributed by atoms with van der Waals surface area (Å²) >= 11 is 0. The van der Waals surface area contributed by atoms with E-state index in [2.05, 4.69) is 28.8 Å². The summed E-state index contributed by atoms with van der Waals surface area (Å²) in [5.74, 6) is 0. The lowest BCUT2D eigenvalue weighted by atomic mass is 9.94. The Morgan fingerprint density at radius 1 is 0.314 bits per heavy atom. The zero-order chi connectivity index (χ0) is 48.5. The van der Waals surface area contributed by atoms with Crippen LogP contribution in [0.3, 0.4) is 0 Å². The van der Waals surface area contributed by atoms with Crippen LogP contribution in [0.4, 0.5) is 26.3 Å². The Balaban J connectivity index is 1.20. The van der Waals surface area contributed by atoms with Crippen LogP contribution in [0.2, 0.25) is 0 Å². The van der Waals surface area contributed by atoms with Crippen molar-refractivity contribution in [2.45, 2.75) is 12.4 Å². The van der Waals surface area contributed by atoms with Crippen LogP contribution in [0, 0.1) is 34.0 Å². The predicted octanol–water partition coefficient (Wildman–Crippen LogP) is 16.2. The maximum atomic E-state index is 14.4. The van der Waals surface area contributed by atoms with Crippen LogP contribution in [0.5, 0.6) is 0 Å². The van der Waals surface area contributed by atoms with Gasteiger partial charge in [0.15, 0.2) is 0 Å². The van der Waals surface area contributed by atoms with Crippen molar-refractivity contribution < 1.29 is 26.3 Å². The van der Waals surface area contributed by atoms with Gasteiger partial charge in [-0.1, -0.05) is 91.0 Å². The second-order valence-corrected chi connectivity index (χ2v) is 16.9. The fraction of sp³-hybridized carbons (Fsp3) is 0.0339. The fourth-order valence-corrected chi connectivity index (χ4v) is 9.56. The van der Waals surface area contributed by atoms with E-state index in [1.165, 1.54) is 6.07 Å². The smallest absolute Gasteiger partial charge is 0.309 e. The van der Waals surface area contributed by atoms with Crippen molar-refractivity contribution >= 4 is 43.6 Å². The van der Waals surface area contributed by atoms with Gasteiger partial charge in [-0.25, -0.2) is 0 Å². The number of alkyl halides is 6. The second kappa shape index (κ2) is 16.4. The summed E-state index contributed by atoms with van der Waals surface area (Å²) < 4.78 is 90.2. The minimum atomic E-state index is -5.07. The summed E-state index contributed by atoms with van der Waals surface area (Å²) in [7, 11) is 0. The third-order valence-corrected chi connectivity index (χ3v) is 12.9. The van der Waals surface area contributed by atoms with E-state index in [4.69, 9.17) is 0 Å². The van der Waals surface area contributed by atoms with Crippen molar-refractivity contribution in [3.8, 4) is 74.1 Å². The van der Waals surface area contributed by atoms with Crippen molar-refractivity contribution in [1.29, 1.82) is 15.8 Å². The van der Waals surface area contributed by atoms with Gasteiger partial charge in [0.1, 0.15) is 0 Å². The van der Waals surface area contributed by atoms with Crippen molar-refractivity contribution in [2.24, 2.45) is 0 Å². The Kier molecular flexibility index (Phi) is 10.2. The Hall–Kier alpha value is -9.37. The topological polar surface area (TPSA) is 81.2 Å². The van der Waals surface area contributed by atoms with Gasteiger partial charge in [-0.15, -0.1) is 0 Å². The average Bonchev–Trinajstić information content (AvgIpc) is 3.89. The summed E-state index contributed by atoms with van der Waals surface area (Å²) in [6, 6.07) is 60.3. The van der Waals surface area contributed by atoms with E-state index in [1.54, 1.807) is 48.5 Å². The lowest BCUT2D eigenvalue weighted by molar-refractivity contribution is -0.143. The van der Waals surface area contributed by atoms with Crippen LogP contribution in [-0.4, -0.2) is 9.13 Å². The Bertz CT molecular complexity index is 4030. The minimum Gasteiger partial charge on any atom is -0.309 e. The molecular weight excluding hydrogens is 893 g/mol. The molecule has 0 spiro atoms. The first-order chi connectivity index (χ1) is 33.8. The molecule has 0 aliphatic carbocycles. The first kappa shape index (κ1) is 43.2. The van der Waals surface area contributed by atoms with E-state index in [0.29, 0.717) is 44.7 Å². The molecule has 0 saturated carbocycles. The number of fused-ring (bicyclic) bond motifs is 6. The fourth-order valence-electron chi connectivity index (χ4n) is 9.56. The molecule has 0 radical (unpaired) electrons. The van der Waals surface area contributed by atoms with Gasteiger partial charge in [0.2, 0.25) is 0 Å². The summed E-state index contributed by atoms with van der Waals surface area (Å²) in [5.41, 5.74) is 7.23. The number of rotatable bonds is 6. The summed E-state index contributed by atoms with van der Waals surface area (Å²) in [5, 5.41) is 32.7. The molecule has 0 amide bonds. The van der Waals surface area contributed by atoms with Crippen molar-refractivity contribution in [1.82, 2.24) is 9.13 Å². The van der Waals surface area contributed by atoms with E-state index >= 15 is 0 Å². The Labute approximate surface area is 395 Å². The molecule has 0 atom stereocenters. The van der Waals surface area contributed by atoms with Crippen molar-refractivity contribution in [2.75, 3.05) is 0 Å². The number of nitrogens with zero attached hydrogens (tertiary/aromatic N) is 5. The maximum absolute atomic E-state index is 14.4. The molecule has 2 heterocycles. The number of halogens is 6. The van der Waals surface area contributed by atoms with Gasteiger partial charge in [-0.2, -0.15) is 42.1 Å². The number of para-hydroxylation sites is 2. The van der Waals surface area contributed by atoms with E-state index in [1.807, 2.05) is 114 Å². The molecule has 334 valence electrons. The first-order valence-electron chi connectivity index (χ1n) is 21.9. The summed E-state index contributed by atoms with van der Waals surface area (Å²) in [6.07, 6.45) is -10.1. The lowest BCUT2D eigenvalue weighted by Gasteiger charge is -2.20. The third kappa shape index (κ3) is 7.36. The van der Waals surface area contributed by atoms with E-state index in [9.17, 15) is 42.1 Å². The largest absolute Gasteiger partial charge is 0.416 e. The van der Waals surface area contributed by atoms with Gasteiger partial charge in [-0.05, 0) is 130 Å². The number of benzene rings is 9. The molecule has 0 bridgehead atoms. The highest BCUT2D eigenvalue weighted by Gasteiger charge is 2.37. The number of hydrogen-bond acceptors (Lipinski definition) is 3. The van der Waals surface area contributed by atoms with Gasteiger partial charge < -0.3 is 9.13 Å². The number of hydrogen-bond donors (Lipinski definition) is 0. The van der Waals surface area contributed by atoms with Gasteiger partial charge >= 0.3 is 12.4 Å². The number of nitriles is 3. The van der Waals surface area contributed by atoms with E-state index < -0.39 is 23.5 Å². The number of aromatic nitrogens is 2. The van der Waals surface area contributed by atoms with Gasteiger partial charge in [0.25, 0.3) is 0 Å². The zero-order valence-corrected chi connectivity index (χ0v) is 36.4. The maximum Gasteiger partial charge on any atom is 0.416 e. The first-order valence-corrected chi connectivity index (χ1v) is 21.9. The molecule has 5 nitrogen and oxygen atoms in total. The molecular formula is C59H31F6N5. The monoisotopic (exact) mass is 923 g/mol. The van der Waals surface area contributed by atoms with Gasteiger partial charge in [0, 0.05) is 32.7 Å². The molecule has 11 heteroatoms. The van der Waals surface area contributed by atoms with Crippen LogP contribution in [0.15, 0.2) is 188 Å². The molecule has 0 aliphatic heterocycles. The summed E-state index contributed by atoms with van der Waals surface area (Å²) in [4.78, 5) is 0. The Morgan fingerprint density at radius 3 is 1.14 bits per heavy atom. The lowest BCUT2D eigenvalue weighted by Crippen LogP contribution is -2.11. The molecule has 11 aromatic rings. The van der Waals surface area contributed by atoms with Gasteiger partial charge in [0.05, 0.1) is 79.5 Å². The molecule has 70 heavy (non-hydrogen) atoms. The molecule has 0 fully saturated rings. The van der Waals surface area contributed by atoms with Crippen LogP contribution in [0.25, 0.3) is 99.5 Å². The Morgan fingerprint density at radius 2 is 0.686 bits per heavy atom. The zero-order valence-electron chi connectivity index (χ0n) is 36.4. The highest BCUT2D eigenvalue weighted by molar-refractivity contribution is 6.13. The standard InChI is InChI=1S/C59H31F6N5/c60-58(61,62)44-26-43(27-45(31-44)59(63,64)65)42-18-22-49(57(30-42)70-53-8-4-2-6-47(53)51-29-41(20-24-55(51)70)39-16-11-36(33-67)12-17-39)48-21-13-37(34-68)25-56(48)69-52-7-3-1-5-46(52)50-28-40(19-23-54(50)69)38-14-9-35(32-66)10-15-38/h1-31H. The second-order valence-electron chi connectivity index (χ2n) is 16.9. The highest BCUT2D eigenvalue weighted by Crippen LogP contribution is 2.45. The van der Waals surface area contributed by atoms with Gasteiger partial charge in [-0.3, -0.25) is 0 Å². The molecule has 2 aromatic heterocycles. The third-order valence-electron chi connectivity index (χ3n) is 12.9. The normalized spacial score (nSPS) is 11.8. The summed E-state index contributed by atoms with van der Waals surface area (Å²) in [6.45, 7) is 0. The molecule has 0 saturated heterocycles. The van der Waals surface area contributed by atoms with E-state index in [-0.39, 0.29) is 17.2 Å². The SMILES string of the molecule is N#Cc1ccc(-c2ccc3c(c2)c2ccccc2n3-c2cc(C#N)ccc2-c2ccc(-c3cc(C(F)(F)F)cc(C(F)(F)F)c3)cc2-n2c3ccccc3c3cc(-c4ccc(C#N)cc4)ccc32)cc1.